The first-order valence-electron chi connectivity index (χ1n) is 6.87. The Balaban J connectivity index is 1.84. The molecule has 0 unspecified atom stereocenters. The van der Waals surface area contributed by atoms with E-state index in [2.05, 4.69) is 10.4 Å². The Morgan fingerprint density at radius 1 is 1.22 bits per heavy atom. The predicted molar refractivity (Wildman–Crippen MR) is 95.6 cm³/mol. The van der Waals surface area contributed by atoms with Crippen molar-refractivity contribution in [1.82, 2.24) is 9.78 Å². The molecule has 0 amide bonds. The molecule has 0 aliphatic carbocycles. The summed E-state index contributed by atoms with van der Waals surface area (Å²) in [4.78, 5) is 0.270. The number of benzene rings is 2. The molecule has 0 aliphatic rings. The van der Waals surface area contributed by atoms with Gasteiger partial charge in [-0.25, -0.2) is 4.68 Å². The Hall–Kier alpha value is -1.82. The molecule has 0 radical (unpaired) electrons. The number of rotatable bonds is 4. The topological polar surface area (TPSA) is 43.0 Å². The van der Waals surface area contributed by atoms with Gasteiger partial charge in [0.25, 0.3) is 4.84 Å². The highest BCUT2D eigenvalue weighted by atomic mass is 35.5. The molecule has 1 heterocycles. The highest BCUT2D eigenvalue weighted by Crippen LogP contribution is 2.29. The number of nitrogens with zero attached hydrogens (tertiary/aromatic N) is 2. The standard InChI is InChI=1S/C16H13Cl2N3OS/c1-10-4-2-3-5-14(10)19-9-21-16(23)22-15(20-21)12-7-6-11(17)8-13(12)18/h2-8,19H,9H2,1H3. The highest BCUT2D eigenvalue weighted by Gasteiger charge is 2.12. The van der Waals surface area contributed by atoms with E-state index >= 15 is 0 Å². The van der Waals surface area contributed by atoms with Crippen molar-refractivity contribution < 1.29 is 4.42 Å². The lowest BCUT2D eigenvalue weighted by Gasteiger charge is -2.08. The van der Waals surface area contributed by atoms with Gasteiger partial charge in [-0.3, -0.25) is 0 Å². The first kappa shape index (κ1) is 16.1. The van der Waals surface area contributed by atoms with Crippen LogP contribution in [0.25, 0.3) is 11.5 Å². The Labute approximate surface area is 148 Å². The van der Waals surface area contributed by atoms with Gasteiger partial charge in [-0.05, 0) is 49.0 Å². The number of hydrogen-bond acceptors (Lipinski definition) is 4. The number of halogens is 2. The van der Waals surface area contributed by atoms with Gasteiger partial charge >= 0.3 is 0 Å². The van der Waals surface area contributed by atoms with Crippen molar-refractivity contribution in [3.63, 3.8) is 0 Å². The molecule has 0 bridgehead atoms. The molecule has 0 aliphatic heterocycles. The lowest BCUT2D eigenvalue weighted by Crippen LogP contribution is -2.10. The fraction of sp³-hybridized carbons (Fsp3) is 0.125. The minimum absolute atomic E-state index is 0.270. The van der Waals surface area contributed by atoms with Crippen LogP contribution >= 0.6 is 35.4 Å². The third-order valence-corrected chi connectivity index (χ3v) is 4.17. The average molecular weight is 366 g/mol. The van der Waals surface area contributed by atoms with Crippen molar-refractivity contribution in [2.24, 2.45) is 0 Å². The average Bonchev–Trinajstić information content (AvgIpc) is 2.87. The summed E-state index contributed by atoms with van der Waals surface area (Å²) in [7, 11) is 0. The van der Waals surface area contributed by atoms with Crippen LogP contribution in [0.3, 0.4) is 0 Å². The van der Waals surface area contributed by atoms with Crippen LogP contribution in [0.15, 0.2) is 46.9 Å². The molecule has 0 spiro atoms. The Morgan fingerprint density at radius 2 is 2.00 bits per heavy atom. The molecule has 1 aromatic heterocycles. The van der Waals surface area contributed by atoms with Crippen LogP contribution in [0.1, 0.15) is 5.56 Å². The van der Waals surface area contributed by atoms with Crippen molar-refractivity contribution in [1.29, 1.82) is 0 Å². The fourth-order valence-electron chi connectivity index (χ4n) is 2.11. The van der Waals surface area contributed by atoms with Gasteiger partial charge in [-0.15, -0.1) is 5.10 Å². The van der Waals surface area contributed by atoms with Crippen LogP contribution < -0.4 is 5.32 Å². The minimum Gasteiger partial charge on any atom is -0.409 e. The summed E-state index contributed by atoms with van der Waals surface area (Å²) in [5, 5.41) is 8.67. The summed E-state index contributed by atoms with van der Waals surface area (Å²) in [5.74, 6) is 0.364. The van der Waals surface area contributed by atoms with E-state index in [0.717, 1.165) is 11.3 Å². The van der Waals surface area contributed by atoms with Gasteiger partial charge < -0.3 is 9.73 Å². The van der Waals surface area contributed by atoms with E-state index in [9.17, 15) is 0 Å². The van der Waals surface area contributed by atoms with E-state index in [1.54, 1.807) is 22.9 Å². The lowest BCUT2D eigenvalue weighted by atomic mass is 10.2. The Kier molecular flexibility index (Phi) is 4.71. The second kappa shape index (κ2) is 6.74. The predicted octanol–water partition coefficient (Wildman–Crippen LogP) is 5.56. The van der Waals surface area contributed by atoms with Crippen LogP contribution in [-0.2, 0) is 6.67 Å². The van der Waals surface area contributed by atoms with Crippen LogP contribution in [0.5, 0.6) is 0 Å². The number of hydrogen-bond donors (Lipinski definition) is 1. The van der Waals surface area contributed by atoms with Crippen LogP contribution in [-0.4, -0.2) is 9.78 Å². The van der Waals surface area contributed by atoms with E-state index in [4.69, 9.17) is 39.8 Å². The van der Waals surface area contributed by atoms with E-state index in [-0.39, 0.29) is 4.84 Å². The molecule has 4 nitrogen and oxygen atoms in total. The van der Waals surface area contributed by atoms with Gasteiger partial charge in [0.1, 0.15) is 6.67 Å². The number of aryl methyl sites for hydroxylation is 1. The number of para-hydroxylation sites is 1. The summed E-state index contributed by atoms with van der Waals surface area (Å²) in [6.07, 6.45) is 0. The number of aromatic nitrogens is 2. The first-order chi connectivity index (χ1) is 11.0. The molecule has 3 rings (SSSR count). The molecule has 3 aromatic rings. The Morgan fingerprint density at radius 3 is 2.74 bits per heavy atom. The van der Waals surface area contributed by atoms with Gasteiger partial charge in [0.15, 0.2) is 0 Å². The second-order valence-corrected chi connectivity index (χ2v) is 6.14. The second-order valence-electron chi connectivity index (χ2n) is 4.95. The third-order valence-electron chi connectivity index (χ3n) is 3.33. The molecule has 118 valence electrons. The maximum Gasteiger partial charge on any atom is 0.289 e. The summed E-state index contributed by atoms with van der Waals surface area (Å²) >= 11 is 17.3. The summed E-state index contributed by atoms with van der Waals surface area (Å²) in [5.41, 5.74) is 2.81. The van der Waals surface area contributed by atoms with Crippen molar-refractivity contribution in [2.45, 2.75) is 13.6 Å². The molecular formula is C16H13Cl2N3OS. The zero-order valence-electron chi connectivity index (χ0n) is 12.2. The van der Waals surface area contributed by atoms with Crippen molar-refractivity contribution in [3.05, 3.63) is 62.9 Å². The summed E-state index contributed by atoms with van der Waals surface area (Å²) in [6.45, 7) is 2.43. The van der Waals surface area contributed by atoms with Crippen LogP contribution in [0.4, 0.5) is 5.69 Å². The van der Waals surface area contributed by atoms with E-state index in [1.807, 2.05) is 31.2 Å². The molecule has 7 heteroatoms. The van der Waals surface area contributed by atoms with E-state index in [1.165, 1.54) is 0 Å². The summed E-state index contributed by atoms with van der Waals surface area (Å²) < 4.78 is 7.11. The van der Waals surface area contributed by atoms with Gasteiger partial charge in [0, 0.05) is 10.7 Å². The maximum absolute atomic E-state index is 6.18. The third kappa shape index (κ3) is 3.58. The summed E-state index contributed by atoms with van der Waals surface area (Å²) in [6, 6.07) is 13.1. The zero-order valence-corrected chi connectivity index (χ0v) is 14.5. The molecule has 2 aromatic carbocycles. The minimum atomic E-state index is 0.270. The van der Waals surface area contributed by atoms with Crippen molar-refractivity contribution in [3.8, 4) is 11.5 Å². The highest BCUT2D eigenvalue weighted by molar-refractivity contribution is 7.71. The lowest BCUT2D eigenvalue weighted by molar-refractivity contribution is 0.522. The fourth-order valence-corrected chi connectivity index (χ4v) is 2.78. The molecule has 0 atom stereocenters. The monoisotopic (exact) mass is 365 g/mol. The van der Waals surface area contributed by atoms with Gasteiger partial charge in [-0.1, -0.05) is 41.4 Å². The smallest absolute Gasteiger partial charge is 0.289 e. The van der Waals surface area contributed by atoms with Crippen molar-refractivity contribution >= 4 is 41.1 Å². The van der Waals surface area contributed by atoms with Gasteiger partial charge in [-0.2, -0.15) is 0 Å². The molecule has 23 heavy (non-hydrogen) atoms. The van der Waals surface area contributed by atoms with E-state index < -0.39 is 0 Å². The van der Waals surface area contributed by atoms with Crippen molar-refractivity contribution in [2.75, 3.05) is 5.32 Å². The van der Waals surface area contributed by atoms with E-state index in [0.29, 0.717) is 28.2 Å². The molecule has 1 N–H and O–H groups in total. The first-order valence-corrected chi connectivity index (χ1v) is 8.04. The molecule has 0 fully saturated rings. The largest absolute Gasteiger partial charge is 0.409 e. The quantitative estimate of drug-likeness (QED) is 0.614. The normalized spacial score (nSPS) is 10.7. The molecule has 0 saturated heterocycles. The SMILES string of the molecule is Cc1ccccc1NCn1nc(-c2ccc(Cl)cc2Cl)oc1=S. The maximum atomic E-state index is 6.18. The van der Waals surface area contributed by atoms with Crippen LogP contribution in [0, 0.1) is 11.8 Å². The molecular weight excluding hydrogens is 353 g/mol. The van der Waals surface area contributed by atoms with Crippen LogP contribution in [0.2, 0.25) is 10.0 Å². The zero-order chi connectivity index (χ0) is 16.4. The number of nitrogens with one attached hydrogen (secondary N) is 1. The number of anilines is 1. The van der Waals surface area contributed by atoms with Gasteiger partial charge in [0.05, 0.1) is 10.6 Å². The Bertz CT molecular complexity index is 904. The van der Waals surface area contributed by atoms with Gasteiger partial charge in [0.2, 0.25) is 5.89 Å². The molecule has 0 saturated carbocycles.